The van der Waals surface area contributed by atoms with Gasteiger partial charge in [0.25, 0.3) is 0 Å². The van der Waals surface area contributed by atoms with Gasteiger partial charge in [-0.25, -0.2) is 4.79 Å². The molecule has 2 aromatic carbocycles. The molecule has 0 aromatic heterocycles. The summed E-state index contributed by atoms with van der Waals surface area (Å²) in [7, 11) is 4.79. The molecule has 0 radical (unpaired) electrons. The van der Waals surface area contributed by atoms with Crippen molar-refractivity contribution in [1.82, 2.24) is 0 Å². The lowest BCUT2D eigenvalue weighted by Crippen LogP contribution is -2.31. The molecule has 5 heteroatoms. The highest BCUT2D eigenvalue weighted by atomic mass is 16.5. The molecule has 21 heavy (non-hydrogen) atoms. The summed E-state index contributed by atoms with van der Waals surface area (Å²) in [6.07, 6.45) is 0. The van der Waals surface area contributed by atoms with Crippen molar-refractivity contribution >= 4 is 17.4 Å². The number of urea groups is 1. The second-order valence-corrected chi connectivity index (χ2v) is 4.36. The van der Waals surface area contributed by atoms with Crippen LogP contribution in [0.2, 0.25) is 0 Å². The molecule has 0 spiro atoms. The van der Waals surface area contributed by atoms with Crippen LogP contribution in [0.25, 0.3) is 0 Å². The maximum atomic E-state index is 12.4. The molecule has 0 bridgehead atoms. The van der Waals surface area contributed by atoms with Crippen molar-refractivity contribution in [2.75, 3.05) is 31.5 Å². The van der Waals surface area contributed by atoms with Crippen LogP contribution < -0.4 is 19.7 Å². The highest BCUT2D eigenvalue weighted by Crippen LogP contribution is 2.34. The van der Waals surface area contributed by atoms with Crippen LogP contribution in [0.5, 0.6) is 11.5 Å². The number of rotatable bonds is 4. The molecule has 0 aliphatic heterocycles. The normalized spacial score (nSPS) is 9.86. The van der Waals surface area contributed by atoms with Gasteiger partial charge >= 0.3 is 6.03 Å². The third-order valence-electron chi connectivity index (χ3n) is 3.11. The van der Waals surface area contributed by atoms with E-state index < -0.39 is 0 Å². The highest BCUT2D eigenvalue weighted by Gasteiger charge is 2.16. The van der Waals surface area contributed by atoms with E-state index in [4.69, 9.17) is 9.47 Å². The minimum atomic E-state index is -0.274. The molecule has 0 saturated heterocycles. The van der Waals surface area contributed by atoms with Gasteiger partial charge in [0.1, 0.15) is 17.2 Å². The molecule has 0 fully saturated rings. The lowest BCUT2D eigenvalue weighted by Gasteiger charge is -2.20. The fourth-order valence-corrected chi connectivity index (χ4v) is 1.93. The van der Waals surface area contributed by atoms with E-state index in [0.717, 1.165) is 5.69 Å². The van der Waals surface area contributed by atoms with Crippen molar-refractivity contribution in [3.8, 4) is 11.5 Å². The van der Waals surface area contributed by atoms with Crippen molar-refractivity contribution in [1.29, 1.82) is 0 Å². The van der Waals surface area contributed by atoms with E-state index >= 15 is 0 Å². The monoisotopic (exact) mass is 286 g/mol. The Hall–Kier alpha value is -2.69. The maximum Gasteiger partial charge on any atom is 0.326 e. The van der Waals surface area contributed by atoms with Gasteiger partial charge in [-0.3, -0.25) is 4.90 Å². The van der Waals surface area contributed by atoms with Crippen LogP contribution in [0.3, 0.4) is 0 Å². The predicted octanol–water partition coefficient (Wildman–Crippen LogP) is 3.37. The SMILES string of the molecule is COc1cccc(OC)c1NC(=O)N(C)c1ccccc1. The fraction of sp³-hybridized carbons (Fsp3) is 0.188. The van der Waals surface area contributed by atoms with E-state index in [-0.39, 0.29) is 6.03 Å². The number of ether oxygens (including phenoxy) is 2. The van der Waals surface area contributed by atoms with Crippen LogP contribution in [-0.2, 0) is 0 Å². The summed E-state index contributed by atoms with van der Waals surface area (Å²) < 4.78 is 10.5. The topological polar surface area (TPSA) is 50.8 Å². The van der Waals surface area contributed by atoms with Crippen LogP contribution in [0.4, 0.5) is 16.2 Å². The zero-order valence-electron chi connectivity index (χ0n) is 12.3. The summed E-state index contributed by atoms with van der Waals surface area (Å²) in [5.74, 6) is 1.09. The Morgan fingerprint density at radius 3 is 2.05 bits per heavy atom. The molecule has 0 aliphatic carbocycles. The standard InChI is InChI=1S/C16H18N2O3/c1-18(12-8-5-4-6-9-12)16(19)17-15-13(20-2)10-7-11-14(15)21-3/h4-11H,1-3H3,(H,17,19). The quantitative estimate of drug-likeness (QED) is 0.937. The number of carbonyl (C=O) groups is 1. The van der Waals surface area contributed by atoms with E-state index in [0.29, 0.717) is 17.2 Å². The summed E-state index contributed by atoms with van der Waals surface area (Å²) in [6, 6.07) is 14.4. The van der Waals surface area contributed by atoms with Gasteiger partial charge in [0.15, 0.2) is 0 Å². The van der Waals surface area contributed by atoms with Crippen LogP contribution >= 0.6 is 0 Å². The smallest absolute Gasteiger partial charge is 0.326 e. The van der Waals surface area contributed by atoms with E-state index in [1.54, 1.807) is 39.5 Å². The summed E-state index contributed by atoms with van der Waals surface area (Å²) in [4.78, 5) is 13.9. The first-order valence-corrected chi connectivity index (χ1v) is 6.48. The number of hydrogen-bond donors (Lipinski definition) is 1. The average Bonchev–Trinajstić information content (AvgIpc) is 2.55. The zero-order chi connectivity index (χ0) is 15.2. The Kier molecular flexibility index (Phi) is 4.66. The molecular formula is C16H18N2O3. The Morgan fingerprint density at radius 1 is 0.952 bits per heavy atom. The predicted molar refractivity (Wildman–Crippen MR) is 83.4 cm³/mol. The van der Waals surface area contributed by atoms with E-state index in [1.807, 2.05) is 30.3 Å². The Balaban J connectivity index is 2.24. The highest BCUT2D eigenvalue weighted by molar-refractivity contribution is 6.03. The number of anilines is 2. The molecule has 0 saturated carbocycles. The summed E-state index contributed by atoms with van der Waals surface area (Å²) in [5, 5.41) is 2.82. The third kappa shape index (κ3) is 3.25. The van der Waals surface area contributed by atoms with Gasteiger partial charge in [0.2, 0.25) is 0 Å². The van der Waals surface area contributed by atoms with Crippen LogP contribution in [0, 0.1) is 0 Å². The van der Waals surface area contributed by atoms with E-state index in [2.05, 4.69) is 5.32 Å². The van der Waals surface area contributed by atoms with Crippen molar-refractivity contribution in [2.24, 2.45) is 0 Å². The van der Waals surface area contributed by atoms with E-state index in [1.165, 1.54) is 4.90 Å². The van der Waals surface area contributed by atoms with Gasteiger partial charge in [0.05, 0.1) is 14.2 Å². The summed E-state index contributed by atoms with van der Waals surface area (Å²) in [5.41, 5.74) is 1.30. The van der Waals surface area contributed by atoms with Gasteiger partial charge in [-0.05, 0) is 24.3 Å². The summed E-state index contributed by atoms with van der Waals surface area (Å²) >= 11 is 0. The molecule has 1 N–H and O–H groups in total. The average molecular weight is 286 g/mol. The number of methoxy groups -OCH3 is 2. The second kappa shape index (κ2) is 6.65. The molecule has 5 nitrogen and oxygen atoms in total. The molecule has 0 heterocycles. The summed E-state index contributed by atoms with van der Waals surface area (Å²) in [6.45, 7) is 0. The molecule has 110 valence electrons. The first-order valence-electron chi connectivity index (χ1n) is 6.48. The van der Waals surface area contributed by atoms with Gasteiger partial charge in [-0.15, -0.1) is 0 Å². The Morgan fingerprint density at radius 2 is 1.52 bits per heavy atom. The molecular weight excluding hydrogens is 268 g/mol. The first kappa shape index (κ1) is 14.7. The molecule has 2 rings (SSSR count). The number of para-hydroxylation sites is 2. The molecule has 2 aromatic rings. The minimum Gasteiger partial charge on any atom is -0.494 e. The Bertz CT molecular complexity index is 592. The number of amides is 2. The number of benzene rings is 2. The largest absolute Gasteiger partial charge is 0.494 e. The van der Waals surface area contributed by atoms with Crippen LogP contribution in [0.1, 0.15) is 0 Å². The van der Waals surface area contributed by atoms with Crippen LogP contribution in [-0.4, -0.2) is 27.3 Å². The Labute approximate surface area is 124 Å². The number of hydrogen-bond acceptors (Lipinski definition) is 3. The number of nitrogens with zero attached hydrogens (tertiary/aromatic N) is 1. The van der Waals surface area contributed by atoms with Crippen molar-refractivity contribution in [3.63, 3.8) is 0 Å². The first-order chi connectivity index (χ1) is 10.2. The number of carbonyl (C=O) groups excluding carboxylic acids is 1. The van der Waals surface area contributed by atoms with Gasteiger partial charge in [-0.2, -0.15) is 0 Å². The van der Waals surface area contributed by atoms with Gasteiger partial charge < -0.3 is 14.8 Å². The molecule has 0 unspecified atom stereocenters. The maximum absolute atomic E-state index is 12.4. The second-order valence-electron chi connectivity index (χ2n) is 4.36. The van der Waals surface area contributed by atoms with E-state index in [9.17, 15) is 4.79 Å². The van der Waals surface area contributed by atoms with Gasteiger partial charge in [0, 0.05) is 12.7 Å². The fourth-order valence-electron chi connectivity index (χ4n) is 1.93. The molecule has 0 atom stereocenters. The minimum absolute atomic E-state index is 0.274. The number of nitrogens with one attached hydrogen (secondary N) is 1. The van der Waals surface area contributed by atoms with Crippen molar-refractivity contribution in [3.05, 3.63) is 48.5 Å². The lowest BCUT2D eigenvalue weighted by atomic mass is 10.2. The molecule has 0 aliphatic rings. The molecule has 2 amide bonds. The van der Waals surface area contributed by atoms with Crippen LogP contribution in [0.15, 0.2) is 48.5 Å². The lowest BCUT2D eigenvalue weighted by molar-refractivity contribution is 0.257. The van der Waals surface area contributed by atoms with Crippen molar-refractivity contribution < 1.29 is 14.3 Å². The van der Waals surface area contributed by atoms with Crippen molar-refractivity contribution in [2.45, 2.75) is 0 Å². The van der Waals surface area contributed by atoms with Gasteiger partial charge in [-0.1, -0.05) is 24.3 Å². The third-order valence-corrected chi connectivity index (χ3v) is 3.11. The zero-order valence-corrected chi connectivity index (χ0v) is 12.3.